The summed E-state index contributed by atoms with van der Waals surface area (Å²) in [6, 6.07) is 7.48. The Labute approximate surface area is 147 Å². The summed E-state index contributed by atoms with van der Waals surface area (Å²) in [6.45, 7) is 0.923. The maximum Gasteiger partial charge on any atom is 0.321 e. The molecule has 4 heterocycles. The zero-order chi connectivity index (χ0) is 17.0. The molecule has 1 saturated heterocycles. The lowest BCUT2D eigenvalue weighted by Crippen LogP contribution is -2.57. The van der Waals surface area contributed by atoms with Crippen molar-refractivity contribution in [2.75, 3.05) is 19.6 Å². The predicted molar refractivity (Wildman–Crippen MR) is 92.3 cm³/mol. The van der Waals surface area contributed by atoms with E-state index in [2.05, 4.69) is 9.97 Å². The standard InChI is InChI=1S/C17H16FN5OS/c18-10-7-22(8-10)17(24)23-6-5-12-14(20-9-19-12)15(23)16-21-11-3-1-2-4-13(11)25-16/h1-4,9-10,15H,5-8H2,(H,19,20)/t15-/m0/s1. The molecule has 0 unspecified atom stereocenters. The number of H-pyrrole nitrogens is 1. The molecule has 2 aliphatic rings. The summed E-state index contributed by atoms with van der Waals surface area (Å²) in [7, 11) is 0. The smallest absolute Gasteiger partial charge is 0.321 e. The molecule has 1 fully saturated rings. The molecule has 25 heavy (non-hydrogen) atoms. The number of carbonyl (C=O) groups is 1. The number of rotatable bonds is 1. The van der Waals surface area contributed by atoms with Crippen molar-refractivity contribution in [1.82, 2.24) is 24.8 Å². The number of aromatic amines is 1. The first-order valence-corrected chi connectivity index (χ1v) is 9.09. The number of amides is 2. The molecular formula is C17H16FN5OS. The molecular weight excluding hydrogens is 341 g/mol. The number of benzene rings is 1. The molecule has 1 atom stereocenters. The van der Waals surface area contributed by atoms with Gasteiger partial charge in [0.2, 0.25) is 0 Å². The third kappa shape index (κ3) is 2.31. The number of hydrogen-bond donors (Lipinski definition) is 1. The Hall–Kier alpha value is -2.48. The van der Waals surface area contributed by atoms with Crippen LogP contribution in [-0.4, -0.2) is 56.6 Å². The largest absolute Gasteiger partial charge is 0.348 e. The number of imidazole rings is 1. The molecule has 5 rings (SSSR count). The average Bonchev–Trinajstić information content (AvgIpc) is 3.23. The number of thiazole rings is 1. The number of aromatic nitrogens is 3. The van der Waals surface area contributed by atoms with Gasteiger partial charge < -0.3 is 14.8 Å². The van der Waals surface area contributed by atoms with Crippen LogP contribution in [0.2, 0.25) is 0 Å². The molecule has 6 nitrogen and oxygen atoms in total. The van der Waals surface area contributed by atoms with Gasteiger partial charge in [-0.25, -0.2) is 19.2 Å². The van der Waals surface area contributed by atoms with E-state index in [1.165, 1.54) is 0 Å². The van der Waals surface area contributed by atoms with E-state index in [1.807, 2.05) is 24.3 Å². The van der Waals surface area contributed by atoms with Crippen molar-refractivity contribution in [3.05, 3.63) is 47.0 Å². The molecule has 1 N–H and O–H groups in total. The van der Waals surface area contributed by atoms with Gasteiger partial charge in [0.1, 0.15) is 17.2 Å². The van der Waals surface area contributed by atoms with Gasteiger partial charge in [0, 0.05) is 18.7 Å². The number of halogens is 1. The molecule has 3 aromatic rings. The zero-order valence-corrected chi connectivity index (χ0v) is 14.2. The lowest BCUT2D eigenvalue weighted by atomic mass is 10.0. The first-order valence-electron chi connectivity index (χ1n) is 8.28. The van der Waals surface area contributed by atoms with Crippen LogP contribution in [0.25, 0.3) is 10.2 Å². The fourth-order valence-corrected chi connectivity index (χ4v) is 4.59. The van der Waals surface area contributed by atoms with Crippen LogP contribution in [0.3, 0.4) is 0 Å². The van der Waals surface area contributed by atoms with E-state index in [0.29, 0.717) is 6.54 Å². The number of nitrogens with one attached hydrogen (secondary N) is 1. The van der Waals surface area contributed by atoms with Crippen molar-refractivity contribution < 1.29 is 9.18 Å². The Kier molecular flexibility index (Phi) is 3.27. The van der Waals surface area contributed by atoms with Gasteiger partial charge in [0.25, 0.3) is 0 Å². The van der Waals surface area contributed by atoms with Gasteiger partial charge in [-0.2, -0.15) is 0 Å². The quantitative estimate of drug-likeness (QED) is 0.728. The minimum Gasteiger partial charge on any atom is -0.348 e. The van der Waals surface area contributed by atoms with Gasteiger partial charge in [0.05, 0.1) is 35.3 Å². The van der Waals surface area contributed by atoms with Gasteiger partial charge in [-0.05, 0) is 12.1 Å². The van der Waals surface area contributed by atoms with E-state index < -0.39 is 6.17 Å². The summed E-state index contributed by atoms with van der Waals surface area (Å²) in [5.74, 6) is 0. The van der Waals surface area contributed by atoms with E-state index in [1.54, 1.807) is 27.5 Å². The van der Waals surface area contributed by atoms with Crippen molar-refractivity contribution in [3.8, 4) is 0 Å². The molecule has 2 aliphatic heterocycles. The number of carbonyl (C=O) groups excluding carboxylic acids is 1. The van der Waals surface area contributed by atoms with Crippen LogP contribution < -0.4 is 0 Å². The van der Waals surface area contributed by atoms with Gasteiger partial charge in [-0.15, -0.1) is 11.3 Å². The highest BCUT2D eigenvalue weighted by Gasteiger charge is 2.41. The van der Waals surface area contributed by atoms with E-state index in [-0.39, 0.29) is 25.2 Å². The van der Waals surface area contributed by atoms with E-state index in [4.69, 9.17) is 4.98 Å². The minimum absolute atomic E-state index is 0.133. The normalized spacial score (nSPS) is 20.6. The van der Waals surface area contributed by atoms with Crippen molar-refractivity contribution in [1.29, 1.82) is 0 Å². The second kappa shape index (κ2) is 5.52. The molecule has 0 aliphatic carbocycles. The topological polar surface area (TPSA) is 65.1 Å². The van der Waals surface area contributed by atoms with Crippen LogP contribution in [0, 0.1) is 0 Å². The molecule has 128 valence electrons. The number of nitrogens with zero attached hydrogens (tertiary/aromatic N) is 4. The molecule has 8 heteroatoms. The number of para-hydroxylation sites is 1. The van der Waals surface area contributed by atoms with E-state index in [9.17, 15) is 9.18 Å². The summed E-state index contributed by atoms with van der Waals surface area (Å²) < 4.78 is 14.3. The Morgan fingerprint density at radius 2 is 2.16 bits per heavy atom. The maximum atomic E-state index is 13.2. The molecule has 2 aromatic heterocycles. The van der Waals surface area contributed by atoms with E-state index >= 15 is 0 Å². The lowest BCUT2D eigenvalue weighted by molar-refractivity contribution is 0.0605. The molecule has 0 radical (unpaired) electrons. The minimum atomic E-state index is -0.907. The fourth-order valence-electron chi connectivity index (χ4n) is 3.50. The van der Waals surface area contributed by atoms with Crippen molar-refractivity contribution >= 4 is 27.6 Å². The van der Waals surface area contributed by atoms with Crippen molar-refractivity contribution in [2.45, 2.75) is 18.6 Å². The maximum absolute atomic E-state index is 13.2. The molecule has 2 amide bonds. The third-order valence-corrected chi connectivity index (χ3v) is 5.91. The molecule has 1 aromatic carbocycles. The van der Waals surface area contributed by atoms with Crippen LogP contribution in [0.4, 0.5) is 9.18 Å². The molecule has 0 bridgehead atoms. The predicted octanol–water partition coefficient (Wildman–Crippen LogP) is 2.74. The van der Waals surface area contributed by atoms with Crippen molar-refractivity contribution in [2.24, 2.45) is 0 Å². The first kappa shape index (κ1) is 14.8. The summed E-state index contributed by atoms with van der Waals surface area (Å²) >= 11 is 1.58. The second-order valence-electron chi connectivity index (χ2n) is 6.42. The molecule has 0 spiro atoms. The number of urea groups is 1. The summed E-state index contributed by atoms with van der Waals surface area (Å²) in [6.07, 6.45) is 1.48. The van der Waals surface area contributed by atoms with Crippen LogP contribution in [0.5, 0.6) is 0 Å². The molecule has 0 saturated carbocycles. The third-order valence-electron chi connectivity index (χ3n) is 4.82. The zero-order valence-electron chi connectivity index (χ0n) is 13.4. The van der Waals surface area contributed by atoms with Crippen LogP contribution in [0.1, 0.15) is 22.4 Å². The van der Waals surface area contributed by atoms with Gasteiger partial charge in [0.15, 0.2) is 0 Å². The van der Waals surface area contributed by atoms with Gasteiger partial charge in [-0.3, -0.25) is 0 Å². The van der Waals surface area contributed by atoms with Crippen LogP contribution in [-0.2, 0) is 6.42 Å². The second-order valence-corrected chi connectivity index (χ2v) is 7.48. The SMILES string of the molecule is O=C(N1CC(F)C1)N1CCc2[nH]cnc2[C@H]1c1nc2ccccc2s1. The highest BCUT2D eigenvalue weighted by atomic mass is 32.1. The van der Waals surface area contributed by atoms with Crippen molar-refractivity contribution in [3.63, 3.8) is 0 Å². The summed E-state index contributed by atoms with van der Waals surface area (Å²) in [5, 5.41) is 0.847. The Morgan fingerprint density at radius 3 is 2.96 bits per heavy atom. The monoisotopic (exact) mass is 357 g/mol. The van der Waals surface area contributed by atoms with E-state index in [0.717, 1.165) is 33.0 Å². The Bertz CT molecular complexity index is 914. The highest BCUT2D eigenvalue weighted by molar-refractivity contribution is 7.18. The lowest BCUT2D eigenvalue weighted by Gasteiger charge is -2.42. The number of hydrogen-bond acceptors (Lipinski definition) is 4. The summed E-state index contributed by atoms with van der Waals surface area (Å²) in [4.78, 5) is 28.6. The van der Waals surface area contributed by atoms with Crippen LogP contribution >= 0.6 is 11.3 Å². The highest BCUT2D eigenvalue weighted by Crippen LogP contribution is 2.38. The number of likely N-dealkylation sites (tertiary alicyclic amines) is 1. The summed E-state index contributed by atoms with van der Waals surface area (Å²) in [5.41, 5.74) is 2.81. The number of alkyl halides is 1. The van der Waals surface area contributed by atoms with Gasteiger partial charge in [-0.1, -0.05) is 12.1 Å². The Balaban J connectivity index is 1.57. The first-order chi connectivity index (χ1) is 12.2. The van der Waals surface area contributed by atoms with Crippen LogP contribution in [0.15, 0.2) is 30.6 Å². The Morgan fingerprint density at radius 1 is 1.32 bits per heavy atom. The fraction of sp³-hybridized carbons (Fsp3) is 0.353. The van der Waals surface area contributed by atoms with Gasteiger partial charge >= 0.3 is 6.03 Å². The number of fused-ring (bicyclic) bond motifs is 2. The average molecular weight is 357 g/mol.